The highest BCUT2D eigenvalue weighted by molar-refractivity contribution is 5.67. The van der Waals surface area contributed by atoms with E-state index in [4.69, 9.17) is 5.26 Å². The summed E-state index contributed by atoms with van der Waals surface area (Å²) in [6.45, 7) is 3.76. The number of hydrogen-bond donors (Lipinski definition) is 3. The third kappa shape index (κ3) is 5.42. The molecule has 0 amide bonds. The Morgan fingerprint density at radius 1 is 1.12 bits per heavy atom. The van der Waals surface area contributed by atoms with Gasteiger partial charge in [0.15, 0.2) is 0 Å². The van der Waals surface area contributed by atoms with Crippen LogP contribution in [-0.4, -0.2) is 56.9 Å². The molecule has 4 rings (SSSR count). The highest BCUT2D eigenvalue weighted by atomic mass is 16.3. The van der Waals surface area contributed by atoms with Gasteiger partial charge in [-0.1, -0.05) is 36.1 Å². The summed E-state index contributed by atoms with van der Waals surface area (Å²) in [6, 6.07) is 18.4. The van der Waals surface area contributed by atoms with Gasteiger partial charge in [-0.25, -0.2) is 4.98 Å². The molecule has 2 heterocycles. The standard InChI is InChI=1S/C26H27N5O2/c1-19(33)26-28-13-15-31(26)25(18-32)11-4-20-2-5-21(6-3-20)22-7-9-23(10-8-22)29-24-16-30(17-24)14-12-27/h2-3,5-10,13,15,19,24-25,29,32-33H,14,16-18H2,1H3/t19-,25-/m0/s1. The van der Waals surface area contributed by atoms with Crippen molar-refractivity contribution in [3.63, 3.8) is 0 Å². The predicted molar refractivity (Wildman–Crippen MR) is 127 cm³/mol. The molecule has 0 bridgehead atoms. The van der Waals surface area contributed by atoms with Crippen molar-refractivity contribution < 1.29 is 10.2 Å². The molecular formula is C26H27N5O2. The van der Waals surface area contributed by atoms with Gasteiger partial charge in [-0.2, -0.15) is 5.26 Å². The van der Waals surface area contributed by atoms with Crippen molar-refractivity contribution in [2.24, 2.45) is 0 Å². The zero-order chi connectivity index (χ0) is 23.2. The summed E-state index contributed by atoms with van der Waals surface area (Å²) < 4.78 is 1.70. The number of aliphatic hydroxyl groups excluding tert-OH is 2. The molecule has 1 fully saturated rings. The molecule has 3 N–H and O–H groups in total. The second-order valence-corrected chi connectivity index (χ2v) is 8.18. The number of benzene rings is 2. The normalized spacial score (nSPS) is 15.6. The summed E-state index contributed by atoms with van der Waals surface area (Å²) in [4.78, 5) is 6.25. The minimum Gasteiger partial charge on any atom is -0.393 e. The highest BCUT2D eigenvalue weighted by Gasteiger charge is 2.25. The zero-order valence-electron chi connectivity index (χ0n) is 18.5. The molecule has 2 atom stereocenters. The summed E-state index contributed by atoms with van der Waals surface area (Å²) in [6.07, 6.45) is 2.58. The molecule has 0 spiro atoms. The number of aromatic nitrogens is 2. The number of nitriles is 1. The van der Waals surface area contributed by atoms with Crippen LogP contribution in [0.15, 0.2) is 60.9 Å². The molecule has 1 aromatic heterocycles. The van der Waals surface area contributed by atoms with Gasteiger partial charge in [0.2, 0.25) is 0 Å². The fraction of sp³-hybridized carbons (Fsp3) is 0.308. The SMILES string of the molecule is C[C@H](O)c1nccn1[C@@H](C#Cc1ccc(-c2ccc(NC3CN(CC#N)C3)cc2)cc1)CO. The van der Waals surface area contributed by atoms with Crippen LogP contribution in [0.4, 0.5) is 5.69 Å². The maximum Gasteiger partial charge on any atom is 0.138 e. The van der Waals surface area contributed by atoms with Gasteiger partial charge < -0.3 is 20.1 Å². The highest BCUT2D eigenvalue weighted by Crippen LogP contribution is 2.23. The predicted octanol–water partition coefficient (Wildman–Crippen LogP) is 2.81. The molecule has 0 unspecified atom stereocenters. The molecule has 0 radical (unpaired) electrons. The van der Waals surface area contributed by atoms with Crippen molar-refractivity contribution in [1.82, 2.24) is 14.5 Å². The minimum atomic E-state index is -0.733. The Hall–Kier alpha value is -3.62. The van der Waals surface area contributed by atoms with E-state index < -0.39 is 12.1 Å². The summed E-state index contributed by atoms with van der Waals surface area (Å²) in [5.41, 5.74) is 4.14. The topological polar surface area (TPSA) is 97.3 Å². The van der Waals surface area contributed by atoms with Crippen LogP contribution in [0.1, 0.15) is 30.5 Å². The average molecular weight is 442 g/mol. The first-order chi connectivity index (χ1) is 16.1. The smallest absolute Gasteiger partial charge is 0.138 e. The fourth-order valence-corrected chi connectivity index (χ4v) is 3.91. The third-order valence-electron chi connectivity index (χ3n) is 5.69. The number of aliphatic hydroxyl groups is 2. The zero-order valence-corrected chi connectivity index (χ0v) is 18.5. The van der Waals surface area contributed by atoms with Crippen molar-refractivity contribution in [2.75, 3.05) is 31.6 Å². The minimum absolute atomic E-state index is 0.168. The van der Waals surface area contributed by atoms with E-state index in [1.165, 1.54) is 0 Å². The Kier molecular flexibility index (Phi) is 7.07. The third-order valence-corrected chi connectivity index (χ3v) is 5.69. The van der Waals surface area contributed by atoms with Crippen LogP contribution in [0.2, 0.25) is 0 Å². The van der Waals surface area contributed by atoms with Crippen LogP contribution < -0.4 is 5.32 Å². The Balaban J connectivity index is 1.39. The van der Waals surface area contributed by atoms with Crippen LogP contribution in [0.3, 0.4) is 0 Å². The summed E-state index contributed by atoms with van der Waals surface area (Å²) in [5, 5.41) is 31.8. The van der Waals surface area contributed by atoms with Crippen LogP contribution >= 0.6 is 0 Å². The van der Waals surface area contributed by atoms with E-state index >= 15 is 0 Å². The van der Waals surface area contributed by atoms with E-state index in [1.807, 2.05) is 24.3 Å². The monoisotopic (exact) mass is 441 g/mol. The lowest BCUT2D eigenvalue weighted by molar-refractivity contribution is 0.176. The van der Waals surface area contributed by atoms with Gasteiger partial charge in [-0.3, -0.25) is 4.90 Å². The van der Waals surface area contributed by atoms with Crippen molar-refractivity contribution in [3.05, 3.63) is 72.3 Å². The maximum atomic E-state index is 9.84. The van der Waals surface area contributed by atoms with Crippen LogP contribution in [0, 0.1) is 23.2 Å². The van der Waals surface area contributed by atoms with Crippen molar-refractivity contribution in [1.29, 1.82) is 5.26 Å². The number of hydrogen-bond acceptors (Lipinski definition) is 6. The number of rotatable bonds is 7. The van der Waals surface area contributed by atoms with Gasteiger partial charge in [0.05, 0.1) is 25.3 Å². The van der Waals surface area contributed by atoms with E-state index in [0.29, 0.717) is 18.4 Å². The Bertz CT molecular complexity index is 1160. The lowest BCUT2D eigenvalue weighted by Gasteiger charge is -2.38. The Morgan fingerprint density at radius 2 is 1.79 bits per heavy atom. The first-order valence-electron chi connectivity index (χ1n) is 11.0. The number of likely N-dealkylation sites (tertiary alicyclic amines) is 1. The van der Waals surface area contributed by atoms with Gasteiger partial charge in [-0.05, 0) is 42.3 Å². The summed E-state index contributed by atoms with van der Waals surface area (Å²) in [5.74, 6) is 6.66. The molecule has 0 aliphatic carbocycles. The van der Waals surface area contributed by atoms with Crippen molar-refractivity contribution in [3.8, 4) is 29.0 Å². The molecule has 7 heteroatoms. The summed E-state index contributed by atoms with van der Waals surface area (Å²) >= 11 is 0. The van der Waals surface area contributed by atoms with E-state index in [9.17, 15) is 10.2 Å². The number of nitrogens with one attached hydrogen (secondary N) is 1. The molecule has 0 saturated carbocycles. The number of nitrogens with zero attached hydrogens (tertiary/aromatic N) is 4. The molecule has 2 aromatic carbocycles. The van der Waals surface area contributed by atoms with Crippen molar-refractivity contribution >= 4 is 5.69 Å². The molecule has 168 valence electrons. The van der Waals surface area contributed by atoms with Crippen LogP contribution in [-0.2, 0) is 0 Å². The molecule has 1 aliphatic heterocycles. The van der Waals surface area contributed by atoms with Gasteiger partial charge in [0.25, 0.3) is 0 Å². The lowest BCUT2D eigenvalue weighted by atomic mass is 10.0. The Morgan fingerprint density at radius 3 is 2.39 bits per heavy atom. The van der Waals surface area contributed by atoms with E-state index in [2.05, 4.69) is 57.4 Å². The Labute approximate surface area is 193 Å². The van der Waals surface area contributed by atoms with Crippen molar-refractivity contribution in [2.45, 2.75) is 25.1 Å². The quantitative estimate of drug-likeness (QED) is 0.385. The lowest BCUT2D eigenvalue weighted by Crippen LogP contribution is -2.54. The van der Waals surface area contributed by atoms with E-state index in [1.54, 1.807) is 23.9 Å². The van der Waals surface area contributed by atoms with Gasteiger partial charge in [-0.15, -0.1) is 0 Å². The molecular weight excluding hydrogens is 414 g/mol. The van der Waals surface area contributed by atoms with Gasteiger partial charge in [0.1, 0.15) is 18.0 Å². The van der Waals surface area contributed by atoms with Gasteiger partial charge >= 0.3 is 0 Å². The summed E-state index contributed by atoms with van der Waals surface area (Å²) in [7, 11) is 0. The molecule has 33 heavy (non-hydrogen) atoms. The van der Waals surface area contributed by atoms with Gasteiger partial charge in [0, 0.05) is 36.7 Å². The molecule has 7 nitrogen and oxygen atoms in total. The molecule has 1 aliphatic rings. The second-order valence-electron chi connectivity index (χ2n) is 8.18. The van der Waals surface area contributed by atoms with Crippen LogP contribution in [0.25, 0.3) is 11.1 Å². The first kappa shape index (κ1) is 22.6. The average Bonchev–Trinajstić information content (AvgIpc) is 3.29. The fourth-order valence-electron chi connectivity index (χ4n) is 3.91. The van der Waals surface area contributed by atoms with Crippen LogP contribution in [0.5, 0.6) is 0 Å². The first-order valence-corrected chi connectivity index (χ1v) is 11.0. The second kappa shape index (κ2) is 10.3. The molecule has 1 saturated heterocycles. The molecule has 3 aromatic rings. The van der Waals surface area contributed by atoms with E-state index in [0.717, 1.165) is 35.5 Å². The number of anilines is 1. The maximum absolute atomic E-state index is 9.84. The largest absolute Gasteiger partial charge is 0.393 e. The van der Waals surface area contributed by atoms with E-state index in [-0.39, 0.29) is 6.61 Å². The number of imidazole rings is 1.